The first-order valence-corrected chi connectivity index (χ1v) is 8.42. The number of carbonyl (C=O) groups excluding carboxylic acids is 1. The SMILES string of the molecule is Cc1nn(-c2ccccc2)c(C)c1NC(=O)c1cc(Cl)sc1Cl. The van der Waals surface area contributed by atoms with Crippen molar-refractivity contribution in [3.8, 4) is 5.69 Å². The van der Waals surface area contributed by atoms with Crippen LogP contribution in [0.2, 0.25) is 8.67 Å². The number of amides is 1. The highest BCUT2D eigenvalue weighted by Gasteiger charge is 2.19. The van der Waals surface area contributed by atoms with E-state index in [0.29, 0.717) is 19.9 Å². The molecule has 118 valence electrons. The van der Waals surface area contributed by atoms with Crippen LogP contribution in [0.25, 0.3) is 5.69 Å². The fourth-order valence-electron chi connectivity index (χ4n) is 2.32. The molecule has 4 nitrogen and oxygen atoms in total. The zero-order valence-electron chi connectivity index (χ0n) is 12.4. The van der Waals surface area contributed by atoms with Gasteiger partial charge >= 0.3 is 0 Å². The van der Waals surface area contributed by atoms with Crippen LogP contribution in [-0.4, -0.2) is 15.7 Å². The molecule has 0 unspecified atom stereocenters. The molecule has 0 aliphatic heterocycles. The van der Waals surface area contributed by atoms with Crippen molar-refractivity contribution >= 4 is 46.1 Å². The van der Waals surface area contributed by atoms with Gasteiger partial charge in [0.2, 0.25) is 0 Å². The number of carbonyl (C=O) groups is 1. The maximum atomic E-state index is 12.4. The summed E-state index contributed by atoms with van der Waals surface area (Å²) in [5.41, 5.74) is 3.56. The van der Waals surface area contributed by atoms with Crippen molar-refractivity contribution in [2.45, 2.75) is 13.8 Å². The normalized spacial score (nSPS) is 10.8. The third-order valence-electron chi connectivity index (χ3n) is 3.43. The van der Waals surface area contributed by atoms with Gasteiger partial charge in [0.1, 0.15) is 4.34 Å². The number of benzene rings is 1. The van der Waals surface area contributed by atoms with E-state index in [9.17, 15) is 4.79 Å². The van der Waals surface area contributed by atoms with Crippen LogP contribution in [0.5, 0.6) is 0 Å². The Hall–Kier alpha value is -1.82. The molecule has 1 aromatic carbocycles. The van der Waals surface area contributed by atoms with Gasteiger partial charge in [0.25, 0.3) is 5.91 Å². The van der Waals surface area contributed by atoms with Crippen molar-refractivity contribution in [2.24, 2.45) is 0 Å². The molecule has 2 aromatic heterocycles. The summed E-state index contributed by atoms with van der Waals surface area (Å²) in [6, 6.07) is 11.3. The molecule has 3 rings (SSSR count). The van der Waals surface area contributed by atoms with Crippen LogP contribution in [0, 0.1) is 13.8 Å². The van der Waals surface area contributed by atoms with E-state index in [1.807, 2.05) is 44.2 Å². The first-order chi connectivity index (χ1) is 11.0. The first kappa shape index (κ1) is 16.1. The number of nitrogens with zero attached hydrogens (tertiary/aromatic N) is 2. The number of hydrogen-bond donors (Lipinski definition) is 1. The molecule has 0 saturated carbocycles. The van der Waals surface area contributed by atoms with Gasteiger partial charge in [-0.25, -0.2) is 4.68 Å². The zero-order chi connectivity index (χ0) is 16.6. The standard InChI is InChI=1S/C16H13Cl2N3OS/c1-9-14(19-16(22)12-8-13(17)23-15(12)18)10(2)21(20-9)11-6-4-3-5-7-11/h3-8H,1-2H3,(H,19,22). The van der Waals surface area contributed by atoms with E-state index in [2.05, 4.69) is 10.4 Å². The summed E-state index contributed by atoms with van der Waals surface area (Å²) in [6.07, 6.45) is 0. The van der Waals surface area contributed by atoms with E-state index in [0.717, 1.165) is 17.1 Å². The molecule has 23 heavy (non-hydrogen) atoms. The third kappa shape index (κ3) is 3.13. The summed E-state index contributed by atoms with van der Waals surface area (Å²) in [4.78, 5) is 12.4. The van der Waals surface area contributed by atoms with Gasteiger partial charge in [-0.1, -0.05) is 41.4 Å². The topological polar surface area (TPSA) is 46.9 Å². The minimum Gasteiger partial charge on any atom is -0.319 e. The molecule has 3 aromatic rings. The molecule has 7 heteroatoms. The zero-order valence-corrected chi connectivity index (χ0v) is 14.8. The number of rotatable bonds is 3. The molecule has 0 radical (unpaired) electrons. The largest absolute Gasteiger partial charge is 0.319 e. The molecule has 2 heterocycles. The molecule has 0 bridgehead atoms. The third-order valence-corrected chi connectivity index (χ3v) is 4.92. The van der Waals surface area contributed by atoms with Crippen LogP contribution in [0.4, 0.5) is 5.69 Å². The van der Waals surface area contributed by atoms with Crippen LogP contribution in [0.1, 0.15) is 21.7 Å². The van der Waals surface area contributed by atoms with E-state index in [1.165, 1.54) is 11.3 Å². The predicted octanol–water partition coefficient (Wildman–Crippen LogP) is 5.11. The average Bonchev–Trinajstić information content (AvgIpc) is 3.01. The number of aryl methyl sites for hydroxylation is 1. The van der Waals surface area contributed by atoms with Gasteiger partial charge in [0, 0.05) is 0 Å². The highest BCUT2D eigenvalue weighted by atomic mass is 35.5. The highest BCUT2D eigenvalue weighted by molar-refractivity contribution is 7.20. The number of para-hydroxylation sites is 1. The Morgan fingerprint density at radius 2 is 1.91 bits per heavy atom. The van der Waals surface area contributed by atoms with Crippen LogP contribution < -0.4 is 5.32 Å². The van der Waals surface area contributed by atoms with E-state index in [1.54, 1.807) is 10.7 Å². The summed E-state index contributed by atoms with van der Waals surface area (Å²) in [5, 5.41) is 7.38. The molecule has 0 spiro atoms. The van der Waals surface area contributed by atoms with Crippen molar-refractivity contribution in [3.63, 3.8) is 0 Å². The number of thiophene rings is 1. The number of aromatic nitrogens is 2. The van der Waals surface area contributed by atoms with Crippen molar-refractivity contribution in [1.29, 1.82) is 0 Å². The second-order valence-corrected chi connectivity index (χ2v) is 7.27. The lowest BCUT2D eigenvalue weighted by Crippen LogP contribution is -2.12. The molecule has 1 amide bonds. The molecular weight excluding hydrogens is 353 g/mol. The first-order valence-electron chi connectivity index (χ1n) is 6.85. The van der Waals surface area contributed by atoms with Crippen LogP contribution >= 0.6 is 34.5 Å². The Labute approximate surface area is 147 Å². The van der Waals surface area contributed by atoms with Gasteiger partial charge in [-0.3, -0.25) is 4.79 Å². The molecule has 1 N–H and O–H groups in total. The van der Waals surface area contributed by atoms with Gasteiger partial charge in [-0.05, 0) is 32.0 Å². The van der Waals surface area contributed by atoms with Crippen LogP contribution in [0.3, 0.4) is 0 Å². The number of nitrogens with one attached hydrogen (secondary N) is 1. The van der Waals surface area contributed by atoms with Gasteiger partial charge in [0.15, 0.2) is 0 Å². The fourth-order valence-corrected chi connectivity index (χ4v) is 3.78. The Morgan fingerprint density at radius 3 is 2.52 bits per heavy atom. The molecular formula is C16H13Cl2N3OS. The highest BCUT2D eigenvalue weighted by Crippen LogP contribution is 2.32. The Kier molecular flexibility index (Phi) is 4.43. The number of anilines is 1. The van der Waals surface area contributed by atoms with Gasteiger partial charge in [-0.15, -0.1) is 11.3 Å². The molecule has 0 aliphatic carbocycles. The summed E-state index contributed by atoms with van der Waals surface area (Å²) in [7, 11) is 0. The van der Waals surface area contributed by atoms with Crippen molar-refractivity contribution in [3.05, 3.63) is 62.0 Å². The lowest BCUT2D eigenvalue weighted by Gasteiger charge is -2.06. The van der Waals surface area contributed by atoms with Crippen molar-refractivity contribution in [2.75, 3.05) is 5.32 Å². The van der Waals surface area contributed by atoms with Gasteiger partial charge in [-0.2, -0.15) is 5.10 Å². The Morgan fingerprint density at radius 1 is 1.22 bits per heavy atom. The molecule has 0 atom stereocenters. The Bertz CT molecular complexity index is 871. The van der Waals surface area contributed by atoms with Crippen LogP contribution in [-0.2, 0) is 0 Å². The lowest BCUT2D eigenvalue weighted by molar-refractivity contribution is 0.102. The van der Waals surface area contributed by atoms with E-state index in [4.69, 9.17) is 23.2 Å². The number of hydrogen-bond acceptors (Lipinski definition) is 3. The maximum absolute atomic E-state index is 12.4. The van der Waals surface area contributed by atoms with E-state index < -0.39 is 0 Å². The minimum absolute atomic E-state index is 0.294. The monoisotopic (exact) mass is 365 g/mol. The maximum Gasteiger partial charge on any atom is 0.258 e. The number of halogens is 2. The summed E-state index contributed by atoms with van der Waals surface area (Å²) in [6.45, 7) is 3.76. The van der Waals surface area contributed by atoms with E-state index >= 15 is 0 Å². The van der Waals surface area contributed by atoms with E-state index in [-0.39, 0.29) is 5.91 Å². The second-order valence-electron chi connectivity index (χ2n) is 4.99. The van der Waals surface area contributed by atoms with Gasteiger partial charge in [0.05, 0.1) is 32.7 Å². The van der Waals surface area contributed by atoms with Gasteiger partial charge < -0.3 is 5.32 Å². The summed E-state index contributed by atoms with van der Waals surface area (Å²) < 4.78 is 2.65. The fraction of sp³-hybridized carbons (Fsp3) is 0.125. The van der Waals surface area contributed by atoms with Crippen LogP contribution in [0.15, 0.2) is 36.4 Å². The smallest absolute Gasteiger partial charge is 0.258 e. The summed E-state index contributed by atoms with van der Waals surface area (Å²) >= 11 is 13.1. The quantitative estimate of drug-likeness (QED) is 0.700. The molecule has 0 saturated heterocycles. The average molecular weight is 366 g/mol. The molecule has 0 aliphatic rings. The minimum atomic E-state index is -0.294. The van der Waals surface area contributed by atoms with Crippen molar-refractivity contribution < 1.29 is 4.79 Å². The van der Waals surface area contributed by atoms with Crippen molar-refractivity contribution in [1.82, 2.24) is 9.78 Å². The summed E-state index contributed by atoms with van der Waals surface area (Å²) in [5.74, 6) is -0.294. The predicted molar refractivity (Wildman–Crippen MR) is 95.3 cm³/mol. The second kappa shape index (κ2) is 6.35. The Balaban J connectivity index is 1.94. The lowest BCUT2D eigenvalue weighted by atomic mass is 10.2. The molecule has 0 fully saturated rings.